The molecule has 2 radical (unpaired) electrons. The van der Waals surface area contributed by atoms with Crippen molar-refractivity contribution in [2.75, 3.05) is 0 Å². The molecule has 1 aliphatic carbocycles. The van der Waals surface area contributed by atoms with Crippen molar-refractivity contribution in [1.82, 2.24) is 0 Å². The van der Waals surface area contributed by atoms with E-state index in [1.54, 1.807) is 12.1 Å². The van der Waals surface area contributed by atoms with E-state index in [1.165, 1.54) is 27.1 Å². The van der Waals surface area contributed by atoms with Gasteiger partial charge in [0.15, 0.2) is 0 Å². The summed E-state index contributed by atoms with van der Waals surface area (Å²) in [6.07, 6.45) is 3.36. The standard InChI is InChI=1S/C12H10Si.C10H13NO.C9H13.2ClH.Zr/c1-3-7-11(8-4-1)13-12-9-5-2-6-10-12;1-7(2)8-5-3-4-6-9(8)10(11)12;1-6-5-7(2)9(4)8(6)3;;;/h1-10H;3-7H,1-2H3,(H2,11,12);6H,1-4H3;2*1H;/q;;-1;;;+4/p-3. The number of hydrogen-bond acceptors (Lipinski definition) is 1. The quantitative estimate of drug-likeness (QED) is 0.316. The third-order valence-corrected chi connectivity index (χ3v) is 7.14. The number of benzene rings is 3. The Morgan fingerprint density at radius 3 is 1.54 bits per heavy atom. The van der Waals surface area contributed by atoms with E-state index in [4.69, 9.17) is 5.73 Å². The zero-order valence-corrected chi connectivity index (χ0v) is 27.4. The number of nitrogens with one attached hydrogen (secondary N) is 1. The van der Waals surface area contributed by atoms with Crippen LogP contribution in [0.15, 0.2) is 102 Å². The van der Waals surface area contributed by atoms with E-state index in [0.29, 0.717) is 17.4 Å². The molecule has 1 unspecified atom stereocenters. The Bertz CT molecular complexity index is 1090. The fourth-order valence-electron chi connectivity index (χ4n) is 3.58. The van der Waals surface area contributed by atoms with Crippen LogP contribution in [0.2, 0.25) is 0 Å². The summed E-state index contributed by atoms with van der Waals surface area (Å²) in [6, 6.07) is 28.4. The van der Waals surface area contributed by atoms with Crippen molar-refractivity contribution in [3.05, 3.63) is 125 Å². The Morgan fingerprint density at radius 2 is 1.24 bits per heavy atom. The molecule has 4 rings (SSSR count). The van der Waals surface area contributed by atoms with E-state index in [0.717, 1.165) is 15.1 Å². The summed E-state index contributed by atoms with van der Waals surface area (Å²) in [5.41, 5.74) is 12.7. The van der Waals surface area contributed by atoms with Gasteiger partial charge < -0.3 is 35.3 Å². The second-order valence-electron chi connectivity index (χ2n) is 8.73. The van der Waals surface area contributed by atoms with Gasteiger partial charge in [0.2, 0.25) is 0 Å². The second-order valence-corrected chi connectivity index (χ2v) is 10.1. The molecule has 2 nitrogen and oxygen atoms in total. The zero-order chi connectivity index (χ0) is 25.1. The largest absolute Gasteiger partial charge is 4.00 e. The molecule has 0 aromatic heterocycles. The summed E-state index contributed by atoms with van der Waals surface area (Å²) in [7, 11) is 0.777. The first kappa shape index (κ1) is 37.4. The molecule has 192 valence electrons. The molecule has 0 spiro atoms. The first-order valence-corrected chi connectivity index (χ1v) is 12.7. The predicted octanol–water partition coefficient (Wildman–Crippen LogP) is 1.07. The number of carbonyl (C=O) groups excluding carboxylic acids is 1. The SMILES string of the molecule is CC(C)c1ccccc1C([NH-])=O.CC1=[C-]C(C)C(C)=C1C.[Cl-].[Cl-].[Zr+4].c1ccc([Si]c2ccccc2)cc1. The molecule has 3 aromatic rings. The van der Waals surface area contributed by atoms with Crippen LogP contribution >= 0.6 is 0 Å². The molecule has 0 saturated carbocycles. The first-order valence-electron chi connectivity index (χ1n) is 11.7. The van der Waals surface area contributed by atoms with Crippen LogP contribution in [0, 0.1) is 12.0 Å². The summed E-state index contributed by atoms with van der Waals surface area (Å²) in [5, 5.41) is 2.79. The maximum absolute atomic E-state index is 10.8. The Kier molecular flexibility index (Phi) is 19.6. The van der Waals surface area contributed by atoms with Crippen molar-refractivity contribution in [2.45, 2.75) is 47.5 Å². The van der Waals surface area contributed by atoms with Gasteiger partial charge in [0.25, 0.3) is 0 Å². The van der Waals surface area contributed by atoms with Crippen molar-refractivity contribution in [2.24, 2.45) is 5.92 Å². The number of rotatable bonds is 4. The van der Waals surface area contributed by atoms with Gasteiger partial charge in [-0.1, -0.05) is 136 Å². The van der Waals surface area contributed by atoms with Crippen LogP contribution in [0.3, 0.4) is 0 Å². The van der Waals surface area contributed by atoms with Gasteiger partial charge in [-0.05, 0) is 11.5 Å². The predicted molar refractivity (Wildman–Crippen MR) is 147 cm³/mol. The summed E-state index contributed by atoms with van der Waals surface area (Å²) in [6.45, 7) is 12.7. The summed E-state index contributed by atoms with van der Waals surface area (Å²) in [5.74, 6) is 0.264. The third-order valence-electron chi connectivity index (χ3n) is 5.90. The normalized spacial score (nSPS) is 13.4. The average Bonchev–Trinajstić information content (AvgIpc) is 3.06. The summed E-state index contributed by atoms with van der Waals surface area (Å²) >= 11 is 0. The van der Waals surface area contributed by atoms with Crippen LogP contribution in [0.1, 0.15) is 63.4 Å². The van der Waals surface area contributed by atoms with Crippen molar-refractivity contribution in [3.63, 3.8) is 0 Å². The van der Waals surface area contributed by atoms with Gasteiger partial charge in [0, 0.05) is 5.56 Å². The Hall–Kier alpha value is -1.71. The van der Waals surface area contributed by atoms with Crippen molar-refractivity contribution in [1.29, 1.82) is 0 Å². The summed E-state index contributed by atoms with van der Waals surface area (Å²) < 4.78 is 0. The number of hydrogen-bond donors (Lipinski definition) is 0. The van der Waals surface area contributed by atoms with Crippen molar-refractivity contribution >= 4 is 25.8 Å². The molecule has 0 saturated heterocycles. The molecule has 1 atom stereocenters. The van der Waals surface area contributed by atoms with Crippen LogP contribution in [-0.4, -0.2) is 15.4 Å². The fraction of sp³-hybridized carbons (Fsp3) is 0.258. The minimum Gasteiger partial charge on any atom is -1.00 e. The van der Waals surface area contributed by atoms with Gasteiger partial charge in [-0.15, -0.1) is 6.92 Å². The molecule has 0 aliphatic heterocycles. The maximum atomic E-state index is 10.8. The van der Waals surface area contributed by atoms with Crippen LogP contribution < -0.4 is 35.2 Å². The molecule has 0 heterocycles. The zero-order valence-electron chi connectivity index (χ0n) is 22.4. The van der Waals surface area contributed by atoms with Crippen LogP contribution in [0.25, 0.3) is 5.73 Å². The van der Waals surface area contributed by atoms with Crippen molar-refractivity contribution < 1.29 is 55.8 Å². The maximum Gasteiger partial charge on any atom is 4.00 e. The molecule has 1 aliphatic rings. The van der Waals surface area contributed by atoms with E-state index >= 15 is 0 Å². The minimum absolute atomic E-state index is 0. The molecule has 0 bridgehead atoms. The van der Waals surface area contributed by atoms with E-state index in [2.05, 4.69) is 94.4 Å². The average molecular weight is 628 g/mol. The molecular formula is C31H35Cl2NOSiZr. The second kappa shape index (κ2) is 19.4. The Morgan fingerprint density at radius 1 is 0.811 bits per heavy atom. The minimum atomic E-state index is -0.598. The molecule has 1 N–H and O–H groups in total. The Balaban J connectivity index is 0. The van der Waals surface area contributed by atoms with Crippen LogP contribution in [0.5, 0.6) is 0 Å². The monoisotopic (exact) mass is 625 g/mol. The number of amides is 1. The third kappa shape index (κ3) is 12.6. The van der Waals surface area contributed by atoms with E-state index < -0.39 is 5.91 Å². The number of carbonyl (C=O) groups is 1. The fourth-order valence-corrected chi connectivity index (χ4v) is 4.63. The van der Waals surface area contributed by atoms with Gasteiger partial charge in [-0.2, -0.15) is 11.1 Å². The van der Waals surface area contributed by atoms with Crippen LogP contribution in [-0.2, 0) is 26.2 Å². The Labute approximate surface area is 258 Å². The molecule has 6 heteroatoms. The van der Waals surface area contributed by atoms with E-state index in [-0.39, 0.29) is 51.0 Å². The number of halogens is 2. The molecular weight excluding hydrogens is 593 g/mol. The van der Waals surface area contributed by atoms with Gasteiger partial charge in [0.05, 0.1) is 5.91 Å². The topological polar surface area (TPSA) is 40.9 Å². The smallest absolute Gasteiger partial charge is 1.00 e. The summed E-state index contributed by atoms with van der Waals surface area (Å²) in [4.78, 5) is 10.8. The van der Waals surface area contributed by atoms with Crippen molar-refractivity contribution in [3.8, 4) is 0 Å². The molecule has 37 heavy (non-hydrogen) atoms. The van der Waals surface area contributed by atoms with Crippen LogP contribution in [0.4, 0.5) is 0 Å². The molecule has 1 amide bonds. The first-order chi connectivity index (χ1) is 16.2. The number of allylic oxidation sites excluding steroid dienone is 4. The molecule has 3 aromatic carbocycles. The van der Waals surface area contributed by atoms with Gasteiger partial charge in [0.1, 0.15) is 9.52 Å². The van der Waals surface area contributed by atoms with E-state index in [1.807, 2.05) is 26.0 Å². The van der Waals surface area contributed by atoms with Gasteiger partial charge in [-0.25, -0.2) is 5.57 Å². The van der Waals surface area contributed by atoms with E-state index in [9.17, 15) is 4.79 Å². The van der Waals surface area contributed by atoms with Gasteiger partial charge in [-0.3, -0.25) is 6.08 Å². The molecule has 0 fully saturated rings. The van der Waals surface area contributed by atoms with Gasteiger partial charge >= 0.3 is 26.2 Å².